The highest BCUT2D eigenvalue weighted by molar-refractivity contribution is 6.11. The first kappa shape index (κ1) is 21.1. The summed E-state index contributed by atoms with van der Waals surface area (Å²) in [5, 5.41) is 5.93. The smallest absolute Gasteiger partial charge is 0.259 e. The van der Waals surface area contributed by atoms with Crippen molar-refractivity contribution in [2.45, 2.75) is 20.3 Å². The van der Waals surface area contributed by atoms with E-state index in [0.29, 0.717) is 34.5 Å². The van der Waals surface area contributed by atoms with Gasteiger partial charge in [-0.2, -0.15) is 0 Å². The van der Waals surface area contributed by atoms with Crippen LogP contribution < -0.4 is 16.1 Å². The maximum Gasteiger partial charge on any atom is 0.259 e. The second-order valence-corrected chi connectivity index (χ2v) is 7.37. The van der Waals surface area contributed by atoms with Gasteiger partial charge in [0.15, 0.2) is 11.0 Å². The van der Waals surface area contributed by atoms with Crippen molar-refractivity contribution in [2.24, 2.45) is 0 Å². The fraction of sp³-hybridized carbons (Fsp3) is 0.115. The van der Waals surface area contributed by atoms with Crippen molar-refractivity contribution in [3.63, 3.8) is 0 Å². The van der Waals surface area contributed by atoms with E-state index in [9.17, 15) is 14.4 Å². The Morgan fingerprint density at radius 2 is 1.56 bits per heavy atom. The maximum absolute atomic E-state index is 13.1. The molecule has 4 aromatic rings. The van der Waals surface area contributed by atoms with E-state index in [1.54, 1.807) is 56.3 Å². The van der Waals surface area contributed by atoms with Crippen molar-refractivity contribution in [1.29, 1.82) is 0 Å². The first-order valence-electron chi connectivity index (χ1n) is 10.3. The summed E-state index contributed by atoms with van der Waals surface area (Å²) in [4.78, 5) is 37.8. The molecule has 6 nitrogen and oxygen atoms in total. The Bertz CT molecular complexity index is 1370. The van der Waals surface area contributed by atoms with Crippen LogP contribution in [0.15, 0.2) is 82.0 Å². The molecule has 1 aromatic heterocycles. The second-order valence-electron chi connectivity index (χ2n) is 7.37. The third kappa shape index (κ3) is 4.16. The first-order valence-corrected chi connectivity index (χ1v) is 10.3. The number of carbonyl (C=O) groups excluding carboxylic acids is 2. The van der Waals surface area contributed by atoms with Gasteiger partial charge >= 0.3 is 0 Å². The molecule has 0 saturated carbocycles. The van der Waals surface area contributed by atoms with Gasteiger partial charge in [-0.25, -0.2) is 0 Å². The number of carbonyl (C=O) groups is 2. The van der Waals surface area contributed by atoms with Crippen LogP contribution in [0.5, 0.6) is 0 Å². The minimum atomic E-state index is -0.416. The topological polar surface area (TPSA) is 88.4 Å². The Morgan fingerprint density at radius 3 is 2.28 bits per heavy atom. The molecule has 0 saturated heterocycles. The number of para-hydroxylation sites is 1. The number of rotatable bonds is 5. The zero-order chi connectivity index (χ0) is 22.7. The summed E-state index contributed by atoms with van der Waals surface area (Å²) in [6.45, 7) is 3.48. The van der Waals surface area contributed by atoms with Crippen molar-refractivity contribution in [1.82, 2.24) is 0 Å². The first-order chi connectivity index (χ1) is 15.5. The summed E-state index contributed by atoms with van der Waals surface area (Å²) in [6, 6.07) is 21.1. The van der Waals surface area contributed by atoms with Gasteiger partial charge in [0.2, 0.25) is 5.91 Å². The van der Waals surface area contributed by atoms with Crippen molar-refractivity contribution in [2.75, 3.05) is 10.6 Å². The third-order valence-electron chi connectivity index (χ3n) is 5.15. The van der Waals surface area contributed by atoms with Gasteiger partial charge in [0.1, 0.15) is 5.76 Å². The molecule has 2 N–H and O–H groups in total. The summed E-state index contributed by atoms with van der Waals surface area (Å²) >= 11 is 0. The van der Waals surface area contributed by atoms with Crippen LogP contribution in [0.4, 0.5) is 11.4 Å². The number of hydrogen-bond donors (Lipinski definition) is 2. The lowest BCUT2D eigenvalue weighted by Crippen LogP contribution is -2.15. The van der Waals surface area contributed by atoms with Crippen LogP contribution in [-0.2, 0) is 4.79 Å². The Kier molecular flexibility index (Phi) is 5.85. The Labute approximate surface area is 184 Å². The SMILES string of the molecule is CCC(=O)Nc1cccc(NC(=O)c2cccc3c(=O)c(C)c(-c4ccccc4)oc23)c1. The van der Waals surface area contributed by atoms with E-state index in [-0.39, 0.29) is 22.5 Å². The minimum absolute atomic E-state index is 0.117. The van der Waals surface area contributed by atoms with Crippen LogP contribution in [0.1, 0.15) is 29.3 Å². The molecule has 32 heavy (non-hydrogen) atoms. The average molecular weight is 426 g/mol. The summed E-state index contributed by atoms with van der Waals surface area (Å²) < 4.78 is 6.12. The van der Waals surface area contributed by atoms with Gasteiger partial charge in [0.25, 0.3) is 5.91 Å². The highest BCUT2D eigenvalue weighted by Gasteiger charge is 2.18. The standard InChI is InChI=1S/C26H22N2O4/c1-3-22(29)27-18-11-7-12-19(15-18)28-26(31)21-14-8-13-20-23(30)16(2)24(32-25(20)21)17-9-5-4-6-10-17/h4-15H,3H2,1-2H3,(H,27,29)(H,28,31). The predicted molar refractivity (Wildman–Crippen MR) is 126 cm³/mol. The molecular formula is C26H22N2O4. The molecule has 4 rings (SSSR count). The Morgan fingerprint density at radius 1 is 0.875 bits per heavy atom. The summed E-state index contributed by atoms with van der Waals surface area (Å²) in [7, 11) is 0. The predicted octanol–water partition coefficient (Wildman–Crippen LogP) is 5.37. The second kappa shape index (κ2) is 8.89. The van der Waals surface area contributed by atoms with E-state index in [4.69, 9.17) is 4.42 Å². The van der Waals surface area contributed by atoms with Crippen molar-refractivity contribution in [3.8, 4) is 11.3 Å². The maximum atomic E-state index is 13.1. The molecule has 0 aliphatic rings. The highest BCUT2D eigenvalue weighted by atomic mass is 16.3. The quantitative estimate of drug-likeness (QED) is 0.449. The number of nitrogens with one attached hydrogen (secondary N) is 2. The minimum Gasteiger partial charge on any atom is -0.455 e. The summed E-state index contributed by atoms with van der Waals surface area (Å²) in [5.74, 6) is -0.0960. The number of fused-ring (bicyclic) bond motifs is 1. The number of amides is 2. The number of hydrogen-bond acceptors (Lipinski definition) is 4. The zero-order valence-corrected chi connectivity index (χ0v) is 17.8. The van der Waals surface area contributed by atoms with Crippen molar-refractivity contribution in [3.05, 3.63) is 94.1 Å². The van der Waals surface area contributed by atoms with E-state index in [0.717, 1.165) is 5.56 Å². The average Bonchev–Trinajstić information content (AvgIpc) is 2.81. The molecule has 0 radical (unpaired) electrons. The van der Waals surface area contributed by atoms with Gasteiger partial charge in [-0.05, 0) is 37.3 Å². The largest absolute Gasteiger partial charge is 0.455 e. The van der Waals surface area contributed by atoms with Crippen LogP contribution in [-0.4, -0.2) is 11.8 Å². The molecule has 0 aliphatic heterocycles. The van der Waals surface area contributed by atoms with Crippen molar-refractivity contribution >= 4 is 34.2 Å². The molecule has 0 fully saturated rings. The van der Waals surface area contributed by atoms with Crippen molar-refractivity contribution < 1.29 is 14.0 Å². The molecule has 0 aliphatic carbocycles. The van der Waals surface area contributed by atoms with Gasteiger partial charge in [0.05, 0.1) is 10.9 Å². The van der Waals surface area contributed by atoms with Gasteiger partial charge in [-0.15, -0.1) is 0 Å². The van der Waals surface area contributed by atoms with Gasteiger partial charge in [0, 0.05) is 28.9 Å². The van der Waals surface area contributed by atoms with E-state index in [2.05, 4.69) is 10.6 Å². The Balaban J connectivity index is 1.74. The van der Waals surface area contributed by atoms with Crippen LogP contribution in [0.25, 0.3) is 22.3 Å². The van der Waals surface area contributed by atoms with Crippen LogP contribution in [0.3, 0.4) is 0 Å². The lowest BCUT2D eigenvalue weighted by atomic mass is 10.0. The number of anilines is 2. The molecule has 0 bridgehead atoms. The summed E-state index contributed by atoms with van der Waals surface area (Å²) in [5.41, 5.74) is 2.65. The molecule has 0 atom stereocenters. The fourth-order valence-electron chi connectivity index (χ4n) is 3.48. The zero-order valence-electron chi connectivity index (χ0n) is 17.8. The van der Waals surface area contributed by atoms with Crippen LogP contribution in [0.2, 0.25) is 0 Å². The van der Waals surface area contributed by atoms with Gasteiger partial charge in [-0.3, -0.25) is 14.4 Å². The monoisotopic (exact) mass is 426 g/mol. The van der Waals surface area contributed by atoms with Crippen LogP contribution in [0, 0.1) is 6.92 Å². The van der Waals surface area contributed by atoms with Gasteiger partial charge < -0.3 is 15.1 Å². The fourth-order valence-corrected chi connectivity index (χ4v) is 3.48. The van der Waals surface area contributed by atoms with Crippen LogP contribution >= 0.6 is 0 Å². The number of benzene rings is 3. The highest BCUT2D eigenvalue weighted by Crippen LogP contribution is 2.28. The van der Waals surface area contributed by atoms with Gasteiger partial charge in [-0.1, -0.05) is 49.4 Å². The summed E-state index contributed by atoms with van der Waals surface area (Å²) in [6.07, 6.45) is 0.356. The normalized spacial score (nSPS) is 10.7. The third-order valence-corrected chi connectivity index (χ3v) is 5.15. The molecule has 160 valence electrons. The molecular weight excluding hydrogens is 404 g/mol. The molecule has 0 spiro atoms. The molecule has 0 unspecified atom stereocenters. The Hall–Kier alpha value is -4.19. The lowest BCUT2D eigenvalue weighted by molar-refractivity contribution is -0.115. The van der Waals surface area contributed by atoms with E-state index in [1.807, 2.05) is 30.3 Å². The molecule has 6 heteroatoms. The molecule has 3 aromatic carbocycles. The molecule has 1 heterocycles. The van der Waals surface area contributed by atoms with E-state index < -0.39 is 5.91 Å². The van der Waals surface area contributed by atoms with E-state index in [1.165, 1.54) is 0 Å². The van der Waals surface area contributed by atoms with E-state index >= 15 is 0 Å². The lowest BCUT2D eigenvalue weighted by Gasteiger charge is -2.11. The molecule has 2 amide bonds.